The van der Waals surface area contributed by atoms with E-state index in [1.165, 1.54) is 0 Å². The lowest BCUT2D eigenvalue weighted by atomic mass is 10.2. The van der Waals surface area contributed by atoms with Crippen molar-refractivity contribution in [1.29, 1.82) is 0 Å². The van der Waals surface area contributed by atoms with Crippen LogP contribution in [0.4, 0.5) is 0 Å². The van der Waals surface area contributed by atoms with Crippen molar-refractivity contribution in [3.05, 3.63) is 36.8 Å². The molecule has 3 aromatic heterocycles. The van der Waals surface area contributed by atoms with Crippen molar-refractivity contribution in [2.45, 2.75) is 7.43 Å². The van der Waals surface area contributed by atoms with Crippen LogP contribution < -0.4 is 14.5 Å². The molecule has 0 aliphatic rings. The molecule has 3 heterocycles. The van der Waals surface area contributed by atoms with E-state index < -0.39 is 0 Å². The summed E-state index contributed by atoms with van der Waals surface area (Å²) in [5.74, 6) is 0.822. The Hall–Kier alpha value is -2.63. The van der Waals surface area contributed by atoms with Crippen LogP contribution >= 0.6 is 0 Å². The molecule has 4 aromatic rings. The van der Waals surface area contributed by atoms with E-state index in [0.29, 0.717) is 5.65 Å². The van der Waals surface area contributed by atoms with Crippen molar-refractivity contribution in [3.8, 4) is 5.75 Å². The molecular weight excluding hydrogens is 242 g/mol. The Balaban J connectivity index is 0.00000110. The third-order valence-electron chi connectivity index (χ3n) is 3.00. The predicted molar refractivity (Wildman–Crippen MR) is 70.3 cm³/mol. The van der Waals surface area contributed by atoms with Gasteiger partial charge in [-0.3, -0.25) is 0 Å². The first kappa shape index (κ1) is 11.5. The largest absolute Gasteiger partial charge is 0.496 e. The fraction of sp³-hybridized carbons (Fsp3) is 0.154. The minimum atomic E-state index is 0. The summed E-state index contributed by atoms with van der Waals surface area (Å²) in [6.45, 7) is 0. The van der Waals surface area contributed by atoms with Gasteiger partial charge in [0.1, 0.15) is 11.4 Å². The normalized spacial score (nSPS) is 11.0. The van der Waals surface area contributed by atoms with Gasteiger partial charge in [-0.05, 0) is 18.3 Å². The van der Waals surface area contributed by atoms with Gasteiger partial charge in [0.2, 0.25) is 6.20 Å². The van der Waals surface area contributed by atoms with E-state index in [0.717, 1.165) is 22.3 Å². The number of fused-ring (bicyclic) bond motifs is 5. The standard InChI is InChI=1S/C12H9N5O.CH4/c1-18-10-4-2-3-9-8(10)7-16-15-11-12(17(9)16)14-6-5-13-11;/h2-7H,1H3;1H4. The first-order valence-electron chi connectivity index (χ1n) is 5.52. The molecule has 96 valence electrons. The highest BCUT2D eigenvalue weighted by Crippen LogP contribution is 2.24. The first-order valence-corrected chi connectivity index (χ1v) is 5.52. The zero-order chi connectivity index (χ0) is 12.1. The number of nitrogens with zero attached hydrogens (tertiary/aromatic N) is 5. The average molecular weight is 255 g/mol. The summed E-state index contributed by atoms with van der Waals surface area (Å²) >= 11 is 0. The fourth-order valence-corrected chi connectivity index (χ4v) is 2.23. The number of aromatic nitrogens is 5. The Morgan fingerprint density at radius 1 is 1.26 bits per heavy atom. The Morgan fingerprint density at radius 2 is 2.11 bits per heavy atom. The number of ether oxygens (including phenoxy) is 1. The number of methoxy groups -OCH3 is 1. The third-order valence-corrected chi connectivity index (χ3v) is 3.00. The molecule has 0 fully saturated rings. The highest BCUT2D eigenvalue weighted by molar-refractivity contribution is 5.86. The summed E-state index contributed by atoms with van der Waals surface area (Å²) in [5, 5.41) is 5.38. The van der Waals surface area contributed by atoms with Gasteiger partial charge in [0.05, 0.1) is 18.0 Å². The van der Waals surface area contributed by atoms with Gasteiger partial charge in [0.25, 0.3) is 0 Å². The molecule has 0 bridgehead atoms. The number of rotatable bonds is 1. The second kappa shape index (κ2) is 3.94. The molecule has 19 heavy (non-hydrogen) atoms. The second-order valence-electron chi connectivity index (χ2n) is 3.96. The summed E-state index contributed by atoms with van der Waals surface area (Å²) in [6, 6.07) is 5.88. The first-order chi connectivity index (χ1) is 8.88. The molecule has 0 spiro atoms. The minimum Gasteiger partial charge on any atom is -0.496 e. The van der Waals surface area contributed by atoms with Crippen LogP contribution in [-0.2, 0) is 0 Å². The molecule has 0 aliphatic carbocycles. The van der Waals surface area contributed by atoms with Crippen molar-refractivity contribution in [1.82, 2.24) is 19.6 Å². The molecule has 0 saturated carbocycles. The van der Waals surface area contributed by atoms with Gasteiger partial charge in [-0.2, -0.15) is 4.52 Å². The van der Waals surface area contributed by atoms with Crippen LogP contribution in [0.5, 0.6) is 5.75 Å². The number of hydrogen-bond acceptors (Lipinski definition) is 3. The number of hydrogen-bond donors (Lipinski definition) is 0. The summed E-state index contributed by atoms with van der Waals surface area (Å²) in [4.78, 5) is 8.52. The highest BCUT2D eigenvalue weighted by atomic mass is 16.5. The third kappa shape index (κ3) is 1.40. The Labute approximate surface area is 109 Å². The van der Waals surface area contributed by atoms with Crippen molar-refractivity contribution in [3.63, 3.8) is 0 Å². The van der Waals surface area contributed by atoms with Crippen LogP contribution in [0.15, 0.2) is 36.8 Å². The molecule has 6 heteroatoms. The summed E-state index contributed by atoms with van der Waals surface area (Å²) in [7, 11) is 1.66. The lowest BCUT2D eigenvalue weighted by molar-refractivity contribution is -0.671. The van der Waals surface area contributed by atoms with Gasteiger partial charge in [0, 0.05) is 6.20 Å². The maximum Gasteiger partial charge on any atom is 0.215 e. The summed E-state index contributed by atoms with van der Waals surface area (Å²) in [6.07, 6.45) is 5.21. The van der Waals surface area contributed by atoms with Gasteiger partial charge in [-0.1, -0.05) is 18.1 Å². The van der Waals surface area contributed by atoms with E-state index in [9.17, 15) is 0 Å². The maximum absolute atomic E-state index is 5.35. The van der Waals surface area contributed by atoms with Gasteiger partial charge in [-0.25, -0.2) is 4.98 Å². The molecule has 0 unspecified atom stereocenters. The second-order valence-corrected chi connectivity index (χ2v) is 3.96. The summed E-state index contributed by atoms with van der Waals surface area (Å²) in [5.41, 5.74) is 2.36. The molecule has 4 rings (SSSR count). The molecule has 0 atom stereocenters. The molecule has 0 saturated heterocycles. The van der Waals surface area contributed by atoms with Crippen molar-refractivity contribution >= 4 is 22.2 Å². The van der Waals surface area contributed by atoms with Crippen molar-refractivity contribution in [2.75, 3.05) is 7.11 Å². The lowest BCUT2D eigenvalue weighted by Gasteiger charge is -1.99. The molecule has 6 nitrogen and oxygen atoms in total. The van der Waals surface area contributed by atoms with E-state index >= 15 is 0 Å². The van der Waals surface area contributed by atoms with E-state index in [4.69, 9.17) is 4.74 Å². The Kier molecular flexibility index (Phi) is 2.38. The molecule has 0 N–H and O–H groups in total. The van der Waals surface area contributed by atoms with Crippen molar-refractivity contribution in [2.24, 2.45) is 0 Å². The Bertz CT molecular complexity index is 877. The minimum absolute atomic E-state index is 0. The zero-order valence-electron chi connectivity index (χ0n) is 9.61. The quantitative estimate of drug-likeness (QED) is 0.480. The van der Waals surface area contributed by atoms with Crippen LogP contribution in [0.1, 0.15) is 7.43 Å². The molecule has 0 radical (unpaired) electrons. The van der Waals surface area contributed by atoms with E-state index in [-0.39, 0.29) is 7.43 Å². The van der Waals surface area contributed by atoms with Gasteiger partial charge >= 0.3 is 0 Å². The SMILES string of the molecule is C.COc1cccc2c1c[n+]1[n-]c3nccnc3n21. The van der Waals surface area contributed by atoms with Crippen LogP contribution in [0, 0.1) is 0 Å². The predicted octanol–water partition coefficient (Wildman–Crippen LogP) is 1.22. The molecular formula is C13H13N5O. The maximum atomic E-state index is 5.35. The van der Waals surface area contributed by atoms with E-state index in [1.54, 1.807) is 24.1 Å². The summed E-state index contributed by atoms with van der Waals surface area (Å²) < 4.78 is 9.00. The highest BCUT2D eigenvalue weighted by Gasteiger charge is 2.14. The topological polar surface area (TPSA) is 57.6 Å². The van der Waals surface area contributed by atoms with Crippen LogP contribution in [0.2, 0.25) is 0 Å². The van der Waals surface area contributed by atoms with Crippen molar-refractivity contribution < 1.29 is 9.37 Å². The van der Waals surface area contributed by atoms with Crippen LogP contribution in [0.25, 0.3) is 22.2 Å². The van der Waals surface area contributed by atoms with Crippen LogP contribution in [-0.4, -0.2) is 21.6 Å². The van der Waals surface area contributed by atoms with Gasteiger partial charge in [-0.15, -0.1) is 5.10 Å². The average Bonchev–Trinajstić information content (AvgIpc) is 2.93. The van der Waals surface area contributed by atoms with Gasteiger partial charge in [0.15, 0.2) is 5.65 Å². The smallest absolute Gasteiger partial charge is 0.215 e. The number of benzene rings is 1. The fourth-order valence-electron chi connectivity index (χ4n) is 2.23. The van der Waals surface area contributed by atoms with Gasteiger partial charge < -0.3 is 9.72 Å². The molecule has 0 aliphatic heterocycles. The lowest BCUT2D eigenvalue weighted by Crippen LogP contribution is -2.28. The molecule has 1 aromatic carbocycles. The Morgan fingerprint density at radius 3 is 2.95 bits per heavy atom. The van der Waals surface area contributed by atoms with E-state index in [2.05, 4.69) is 15.1 Å². The van der Waals surface area contributed by atoms with E-state index in [1.807, 2.05) is 28.9 Å². The zero-order valence-corrected chi connectivity index (χ0v) is 9.61. The monoisotopic (exact) mass is 255 g/mol. The van der Waals surface area contributed by atoms with Crippen LogP contribution in [0.3, 0.4) is 0 Å². The molecule has 0 amide bonds.